The van der Waals surface area contributed by atoms with Crippen molar-refractivity contribution in [2.24, 2.45) is 0 Å². The highest BCUT2D eigenvalue weighted by molar-refractivity contribution is 6.35. The average Bonchev–Trinajstić information content (AvgIpc) is 2.63. The maximum absolute atomic E-state index is 9.13. The molecule has 84 valence electrons. The number of rotatable bonds is 2. The summed E-state index contributed by atoms with van der Waals surface area (Å²) in [6.07, 6.45) is 3.25. The predicted molar refractivity (Wildman–Crippen MR) is 62.3 cm³/mol. The number of hydrogen-bond donors (Lipinski definition) is 3. The summed E-state index contributed by atoms with van der Waals surface area (Å²) in [5.41, 5.74) is 1.27. The molecule has 0 fully saturated rings. The number of H-pyrrole nitrogens is 1. The Kier molecular flexibility index (Phi) is 3.07. The van der Waals surface area contributed by atoms with E-state index in [0.717, 1.165) is 0 Å². The molecule has 0 amide bonds. The fourth-order valence-electron chi connectivity index (χ4n) is 1.49. The van der Waals surface area contributed by atoms with Gasteiger partial charge in [0.15, 0.2) is 0 Å². The number of anilines is 1. The first-order valence-electron chi connectivity index (χ1n) is 4.40. The average molecular weight is 259 g/mol. The van der Waals surface area contributed by atoms with Gasteiger partial charge in [-0.3, -0.25) is 10.4 Å². The Morgan fingerprint density at radius 2 is 1.75 bits per heavy atom. The molecule has 2 aromatic rings. The van der Waals surface area contributed by atoms with Crippen molar-refractivity contribution in [2.75, 3.05) is 5.23 Å². The maximum atomic E-state index is 9.13. The zero-order valence-electron chi connectivity index (χ0n) is 7.98. The first-order chi connectivity index (χ1) is 7.61. The SMILES string of the molecule is ON(O)c1c(Cl)cccc1-c1c[nH]cc1Cl. The molecule has 0 atom stereocenters. The van der Waals surface area contributed by atoms with Crippen LogP contribution in [0.5, 0.6) is 0 Å². The molecule has 2 rings (SSSR count). The van der Waals surface area contributed by atoms with E-state index in [2.05, 4.69) is 4.98 Å². The molecule has 4 nitrogen and oxygen atoms in total. The molecule has 0 saturated carbocycles. The molecule has 1 aromatic carbocycles. The van der Waals surface area contributed by atoms with E-state index in [4.69, 9.17) is 33.6 Å². The highest BCUT2D eigenvalue weighted by atomic mass is 35.5. The predicted octanol–water partition coefficient (Wildman–Crippen LogP) is 3.57. The van der Waals surface area contributed by atoms with E-state index >= 15 is 0 Å². The van der Waals surface area contributed by atoms with Gasteiger partial charge in [-0.1, -0.05) is 35.3 Å². The van der Waals surface area contributed by atoms with Crippen LogP contribution in [-0.4, -0.2) is 15.4 Å². The van der Waals surface area contributed by atoms with Crippen molar-refractivity contribution in [3.8, 4) is 11.1 Å². The summed E-state index contributed by atoms with van der Waals surface area (Å²) in [6, 6.07) is 4.95. The molecule has 0 aliphatic rings. The van der Waals surface area contributed by atoms with Gasteiger partial charge < -0.3 is 4.98 Å². The minimum atomic E-state index is -0.0129. The number of halogens is 2. The lowest BCUT2D eigenvalue weighted by atomic mass is 10.1. The van der Waals surface area contributed by atoms with Gasteiger partial charge in [-0.2, -0.15) is 0 Å². The molecule has 0 aliphatic heterocycles. The van der Waals surface area contributed by atoms with Crippen LogP contribution >= 0.6 is 23.2 Å². The monoisotopic (exact) mass is 258 g/mol. The van der Waals surface area contributed by atoms with Crippen molar-refractivity contribution in [3.63, 3.8) is 0 Å². The van der Waals surface area contributed by atoms with Crippen molar-refractivity contribution < 1.29 is 10.4 Å². The van der Waals surface area contributed by atoms with Crippen LogP contribution in [0.15, 0.2) is 30.6 Å². The highest BCUT2D eigenvalue weighted by Gasteiger charge is 2.15. The van der Waals surface area contributed by atoms with E-state index in [0.29, 0.717) is 16.1 Å². The zero-order valence-corrected chi connectivity index (χ0v) is 9.50. The van der Waals surface area contributed by atoms with Crippen molar-refractivity contribution in [1.29, 1.82) is 0 Å². The molecular formula is C10H8Cl2N2O2. The fraction of sp³-hybridized carbons (Fsp3) is 0. The lowest BCUT2D eigenvalue weighted by Crippen LogP contribution is -2.12. The molecule has 0 bridgehead atoms. The van der Waals surface area contributed by atoms with Crippen LogP contribution in [0, 0.1) is 0 Å². The minimum Gasteiger partial charge on any atom is -0.366 e. The molecule has 16 heavy (non-hydrogen) atoms. The van der Waals surface area contributed by atoms with E-state index < -0.39 is 0 Å². The van der Waals surface area contributed by atoms with E-state index in [-0.39, 0.29) is 15.9 Å². The van der Waals surface area contributed by atoms with Crippen LogP contribution in [0.25, 0.3) is 11.1 Å². The second-order valence-corrected chi connectivity index (χ2v) is 3.96. The quantitative estimate of drug-likeness (QED) is 0.722. The highest BCUT2D eigenvalue weighted by Crippen LogP contribution is 2.38. The molecule has 0 unspecified atom stereocenters. The van der Waals surface area contributed by atoms with E-state index in [1.165, 1.54) is 0 Å². The van der Waals surface area contributed by atoms with Crippen molar-refractivity contribution in [1.82, 2.24) is 4.98 Å². The second kappa shape index (κ2) is 4.35. The van der Waals surface area contributed by atoms with Gasteiger partial charge in [0, 0.05) is 23.5 Å². The van der Waals surface area contributed by atoms with E-state index in [1.54, 1.807) is 30.6 Å². The van der Waals surface area contributed by atoms with Crippen LogP contribution in [0.4, 0.5) is 5.69 Å². The molecule has 0 spiro atoms. The van der Waals surface area contributed by atoms with E-state index in [9.17, 15) is 0 Å². The molecule has 0 aliphatic carbocycles. The number of nitrogens with one attached hydrogen (secondary N) is 1. The first-order valence-corrected chi connectivity index (χ1v) is 5.16. The molecule has 6 heteroatoms. The van der Waals surface area contributed by atoms with Crippen molar-refractivity contribution >= 4 is 28.9 Å². The van der Waals surface area contributed by atoms with E-state index in [1.807, 2.05) is 0 Å². The standard InChI is InChI=1S/C10H8Cl2N2O2/c11-8-3-1-2-6(10(8)14(15)16)7-4-13-5-9(7)12/h1-5,13,15-16H. The number of aromatic nitrogens is 1. The number of para-hydroxylation sites is 1. The van der Waals surface area contributed by atoms with Crippen LogP contribution < -0.4 is 5.23 Å². The third-order valence-corrected chi connectivity index (χ3v) is 2.79. The summed E-state index contributed by atoms with van der Waals surface area (Å²) in [6.45, 7) is 0. The van der Waals surface area contributed by atoms with Gasteiger partial charge in [0.05, 0.1) is 10.0 Å². The number of nitrogens with zero attached hydrogens (tertiary/aromatic N) is 1. The number of hydrogen-bond acceptors (Lipinski definition) is 3. The Bertz CT molecular complexity index is 511. The first kappa shape index (κ1) is 11.3. The summed E-state index contributed by atoms with van der Waals surface area (Å²) in [7, 11) is 0. The molecule has 0 radical (unpaired) electrons. The smallest absolute Gasteiger partial charge is 0.121 e. The molecule has 3 N–H and O–H groups in total. The summed E-state index contributed by atoms with van der Waals surface area (Å²) < 4.78 is 0. The molecular weight excluding hydrogens is 251 g/mol. The summed E-state index contributed by atoms with van der Waals surface area (Å²) in [5, 5.41) is 18.9. The Balaban J connectivity index is 2.66. The Morgan fingerprint density at radius 1 is 1.00 bits per heavy atom. The molecule has 1 heterocycles. The Morgan fingerprint density at radius 3 is 2.31 bits per heavy atom. The van der Waals surface area contributed by atoms with Gasteiger partial charge in [0.2, 0.25) is 0 Å². The molecule has 0 saturated heterocycles. The van der Waals surface area contributed by atoms with Crippen LogP contribution in [0.2, 0.25) is 10.0 Å². The fourth-order valence-corrected chi connectivity index (χ4v) is 1.96. The summed E-state index contributed by atoms with van der Waals surface area (Å²) >= 11 is 11.8. The van der Waals surface area contributed by atoms with Crippen molar-refractivity contribution in [3.05, 3.63) is 40.6 Å². The summed E-state index contributed by atoms with van der Waals surface area (Å²) in [5.74, 6) is 0. The lowest BCUT2D eigenvalue weighted by Gasteiger charge is -2.14. The maximum Gasteiger partial charge on any atom is 0.121 e. The van der Waals surface area contributed by atoms with Gasteiger partial charge in [-0.25, -0.2) is 0 Å². The van der Waals surface area contributed by atoms with Gasteiger partial charge in [-0.15, -0.1) is 5.23 Å². The zero-order chi connectivity index (χ0) is 11.7. The van der Waals surface area contributed by atoms with Gasteiger partial charge >= 0.3 is 0 Å². The van der Waals surface area contributed by atoms with Gasteiger partial charge in [0.1, 0.15) is 5.69 Å². The topological polar surface area (TPSA) is 59.5 Å². The second-order valence-electron chi connectivity index (χ2n) is 3.14. The van der Waals surface area contributed by atoms with Gasteiger partial charge in [0.25, 0.3) is 0 Å². The third kappa shape index (κ3) is 1.88. The Hall–Kier alpha value is -1.20. The van der Waals surface area contributed by atoms with Crippen LogP contribution in [0.3, 0.4) is 0 Å². The Labute approximate surface area is 102 Å². The minimum absolute atomic E-state index is 0.0129. The molecule has 1 aromatic heterocycles. The van der Waals surface area contributed by atoms with Gasteiger partial charge in [-0.05, 0) is 6.07 Å². The summed E-state index contributed by atoms with van der Waals surface area (Å²) in [4.78, 5) is 2.83. The normalized spacial score (nSPS) is 10.5. The van der Waals surface area contributed by atoms with Crippen LogP contribution in [-0.2, 0) is 0 Å². The number of benzene rings is 1. The largest absolute Gasteiger partial charge is 0.366 e. The number of aromatic amines is 1. The lowest BCUT2D eigenvalue weighted by molar-refractivity contribution is 0.0295. The van der Waals surface area contributed by atoms with Crippen molar-refractivity contribution in [2.45, 2.75) is 0 Å². The van der Waals surface area contributed by atoms with Crippen LogP contribution in [0.1, 0.15) is 0 Å². The third-order valence-electron chi connectivity index (χ3n) is 2.17.